The molecule has 0 radical (unpaired) electrons. The first kappa shape index (κ1) is 27.1. The van der Waals surface area contributed by atoms with Gasteiger partial charge in [-0.3, -0.25) is 14.7 Å². The topological polar surface area (TPSA) is 126 Å². The zero-order valence-corrected chi connectivity index (χ0v) is 21.3. The standard InChI is InChI=1S/C24H26F3N7O3S/c1-38(2,37)31-19-13-30-34(15-19)23(36)33-9-7-32(8-10-33)14-18-4-3-16(11-20(18)24(25,26)27)17-5-6-21(22(28)35)29-12-17/h3-6,11-13,15H,1,7-10,14H2,2H3,(H2,28,35)(H,31,37). The van der Waals surface area contributed by atoms with Gasteiger partial charge in [-0.25, -0.2) is 9.00 Å². The predicted octanol–water partition coefficient (Wildman–Crippen LogP) is 2.52. The van der Waals surface area contributed by atoms with Crippen molar-refractivity contribution in [2.24, 2.45) is 5.73 Å². The van der Waals surface area contributed by atoms with Gasteiger partial charge in [0.05, 0.1) is 23.6 Å². The van der Waals surface area contributed by atoms with Crippen LogP contribution in [0.1, 0.15) is 21.6 Å². The lowest BCUT2D eigenvalue weighted by atomic mass is 9.99. The van der Waals surface area contributed by atoms with Crippen molar-refractivity contribution < 1.29 is 27.0 Å². The zero-order valence-electron chi connectivity index (χ0n) is 20.4. The van der Waals surface area contributed by atoms with Gasteiger partial charge in [0.1, 0.15) is 5.69 Å². The summed E-state index contributed by atoms with van der Waals surface area (Å²) < 4.78 is 57.4. The van der Waals surface area contributed by atoms with Crippen LogP contribution in [0.3, 0.4) is 0 Å². The number of carbonyl (C=O) groups excluding carboxylic acids is 2. The number of hydrogen-bond acceptors (Lipinski definition) is 6. The number of carbonyl (C=O) groups is 2. The number of anilines is 1. The van der Waals surface area contributed by atoms with Crippen molar-refractivity contribution in [3.63, 3.8) is 0 Å². The molecular formula is C24H26F3N7O3S. The molecular weight excluding hydrogens is 523 g/mol. The number of piperazine rings is 1. The Labute approximate surface area is 217 Å². The third-order valence-corrected chi connectivity index (χ3v) is 6.58. The van der Waals surface area contributed by atoms with E-state index in [4.69, 9.17) is 5.73 Å². The monoisotopic (exact) mass is 549 g/mol. The van der Waals surface area contributed by atoms with Crippen molar-refractivity contribution in [3.05, 3.63) is 65.7 Å². The summed E-state index contributed by atoms with van der Waals surface area (Å²) in [4.78, 5) is 31.3. The Morgan fingerprint density at radius 1 is 1.11 bits per heavy atom. The number of halogens is 3. The second kappa shape index (κ2) is 10.5. The molecule has 3 aromatic rings. The molecule has 1 saturated heterocycles. The lowest BCUT2D eigenvalue weighted by Gasteiger charge is -2.34. The summed E-state index contributed by atoms with van der Waals surface area (Å²) in [6, 6.07) is 6.56. The fraction of sp³-hybridized carbons (Fsp3) is 0.292. The van der Waals surface area contributed by atoms with E-state index in [9.17, 15) is 27.0 Å². The van der Waals surface area contributed by atoms with Crippen LogP contribution in [-0.4, -0.2) is 79.0 Å². The van der Waals surface area contributed by atoms with E-state index in [-0.39, 0.29) is 23.8 Å². The third kappa shape index (κ3) is 6.50. The number of nitrogens with two attached hydrogens (primary N) is 1. The molecule has 3 heterocycles. The normalized spacial score (nSPS) is 16.2. The Balaban J connectivity index is 1.43. The molecule has 1 aliphatic heterocycles. The Bertz CT molecular complexity index is 1450. The summed E-state index contributed by atoms with van der Waals surface area (Å²) in [6.07, 6.45) is 0.933. The highest BCUT2D eigenvalue weighted by molar-refractivity contribution is 8.00. The van der Waals surface area contributed by atoms with Crippen LogP contribution >= 0.6 is 0 Å². The summed E-state index contributed by atoms with van der Waals surface area (Å²) in [7, 11) is -2.52. The van der Waals surface area contributed by atoms with E-state index in [1.165, 1.54) is 43.0 Å². The van der Waals surface area contributed by atoms with Crippen molar-refractivity contribution in [1.29, 1.82) is 0 Å². The van der Waals surface area contributed by atoms with Crippen LogP contribution in [0.2, 0.25) is 0 Å². The molecule has 0 saturated carbocycles. The van der Waals surface area contributed by atoms with Gasteiger partial charge < -0.3 is 15.4 Å². The van der Waals surface area contributed by atoms with Crippen molar-refractivity contribution >= 4 is 33.2 Å². The van der Waals surface area contributed by atoms with E-state index < -0.39 is 27.4 Å². The maximum Gasteiger partial charge on any atom is 0.416 e. The van der Waals surface area contributed by atoms with Crippen LogP contribution in [0.5, 0.6) is 0 Å². The number of pyridine rings is 1. The van der Waals surface area contributed by atoms with Crippen molar-refractivity contribution in [2.75, 3.05) is 37.2 Å². The van der Waals surface area contributed by atoms with Gasteiger partial charge in [-0.15, -0.1) is 0 Å². The van der Waals surface area contributed by atoms with Crippen molar-refractivity contribution in [1.82, 2.24) is 24.6 Å². The Hall–Kier alpha value is -3.91. The minimum Gasteiger partial charge on any atom is -0.364 e. The van der Waals surface area contributed by atoms with E-state index in [0.717, 1.165) is 10.7 Å². The number of nitrogens with zero attached hydrogens (tertiary/aromatic N) is 5. The predicted molar refractivity (Wildman–Crippen MR) is 138 cm³/mol. The molecule has 1 atom stereocenters. The maximum atomic E-state index is 13.9. The van der Waals surface area contributed by atoms with E-state index in [0.29, 0.717) is 43.0 Å². The van der Waals surface area contributed by atoms with Crippen LogP contribution in [0.15, 0.2) is 48.9 Å². The first-order chi connectivity index (χ1) is 17.8. The summed E-state index contributed by atoms with van der Waals surface area (Å²) in [5, 5.41) is 3.99. The maximum absolute atomic E-state index is 13.9. The Kier molecular flexibility index (Phi) is 7.47. The first-order valence-electron chi connectivity index (χ1n) is 11.4. The molecule has 2 aromatic heterocycles. The SMILES string of the molecule is C=S(C)(=O)Nc1cnn(C(=O)N2CCN(Cc3ccc(-c4ccc(C(N)=O)nc4)cc3C(F)(F)F)CC2)c1. The summed E-state index contributed by atoms with van der Waals surface area (Å²) >= 11 is 0. The molecule has 38 heavy (non-hydrogen) atoms. The average molecular weight is 550 g/mol. The molecule has 3 N–H and O–H groups in total. The number of aromatic nitrogens is 3. The fourth-order valence-electron chi connectivity index (χ4n) is 4.08. The second-order valence-electron chi connectivity index (χ2n) is 8.99. The molecule has 0 aliphatic carbocycles. The van der Waals surface area contributed by atoms with E-state index >= 15 is 0 Å². The highest BCUT2D eigenvalue weighted by Crippen LogP contribution is 2.35. The van der Waals surface area contributed by atoms with Crippen LogP contribution in [0.4, 0.5) is 23.7 Å². The van der Waals surface area contributed by atoms with Crippen LogP contribution in [-0.2, 0) is 22.4 Å². The summed E-state index contributed by atoms with van der Waals surface area (Å²) in [6.45, 7) is 1.41. The minimum absolute atomic E-state index is 0.0217. The highest BCUT2D eigenvalue weighted by atomic mass is 32.2. The molecule has 202 valence electrons. The lowest BCUT2D eigenvalue weighted by Crippen LogP contribution is -2.49. The van der Waals surface area contributed by atoms with Crippen molar-refractivity contribution in [3.8, 4) is 11.1 Å². The number of hydrogen-bond donors (Lipinski definition) is 2. The fourth-order valence-corrected chi connectivity index (χ4v) is 4.68. The number of nitrogens with one attached hydrogen (secondary N) is 1. The molecule has 1 aromatic carbocycles. The van der Waals surface area contributed by atoms with Crippen LogP contribution in [0.25, 0.3) is 11.1 Å². The Morgan fingerprint density at radius 2 is 1.79 bits per heavy atom. The lowest BCUT2D eigenvalue weighted by molar-refractivity contribution is -0.138. The average Bonchev–Trinajstić information content (AvgIpc) is 3.30. The number of alkyl halides is 3. The minimum atomic E-state index is -4.58. The molecule has 0 spiro atoms. The molecule has 14 heteroatoms. The largest absolute Gasteiger partial charge is 0.416 e. The molecule has 2 amide bonds. The molecule has 0 bridgehead atoms. The highest BCUT2D eigenvalue weighted by Gasteiger charge is 2.34. The van der Waals surface area contributed by atoms with Gasteiger partial charge in [-0.2, -0.15) is 23.0 Å². The number of amides is 2. The van der Waals surface area contributed by atoms with Gasteiger partial charge in [0.2, 0.25) is 0 Å². The summed E-state index contributed by atoms with van der Waals surface area (Å²) in [5.41, 5.74) is 5.67. The molecule has 10 nitrogen and oxygen atoms in total. The van der Waals surface area contributed by atoms with E-state index in [1.54, 1.807) is 11.0 Å². The van der Waals surface area contributed by atoms with Gasteiger partial charge in [-0.05, 0) is 29.1 Å². The quantitative estimate of drug-likeness (QED) is 0.455. The van der Waals surface area contributed by atoms with Crippen molar-refractivity contribution in [2.45, 2.75) is 12.7 Å². The molecule has 4 rings (SSSR count). The smallest absolute Gasteiger partial charge is 0.364 e. The number of primary amides is 1. The van der Waals surface area contributed by atoms with Gasteiger partial charge in [-0.1, -0.05) is 18.2 Å². The van der Waals surface area contributed by atoms with Crippen LogP contribution < -0.4 is 10.5 Å². The van der Waals surface area contributed by atoms with Gasteiger partial charge in [0.25, 0.3) is 5.91 Å². The van der Waals surface area contributed by atoms with Gasteiger partial charge >= 0.3 is 12.2 Å². The molecule has 1 unspecified atom stereocenters. The number of rotatable bonds is 6. The molecule has 1 aliphatic rings. The van der Waals surface area contributed by atoms with Crippen LogP contribution in [0, 0.1) is 0 Å². The first-order valence-corrected chi connectivity index (χ1v) is 13.6. The van der Waals surface area contributed by atoms with Gasteiger partial charge in [0.15, 0.2) is 0 Å². The zero-order chi connectivity index (χ0) is 27.7. The third-order valence-electron chi connectivity index (χ3n) is 5.91. The summed E-state index contributed by atoms with van der Waals surface area (Å²) in [5.74, 6) is 2.77. The van der Waals surface area contributed by atoms with E-state index in [1.807, 2.05) is 4.90 Å². The second-order valence-corrected chi connectivity index (χ2v) is 11.2. The molecule has 1 fully saturated rings. The van der Waals surface area contributed by atoms with Gasteiger partial charge in [0, 0.05) is 60.4 Å². The van der Waals surface area contributed by atoms with E-state index in [2.05, 4.69) is 20.7 Å². The Morgan fingerprint density at radius 3 is 2.37 bits per heavy atom. The number of benzene rings is 1.